The molecule has 0 aliphatic heterocycles. The van der Waals surface area contributed by atoms with Crippen LogP contribution in [0.2, 0.25) is 0 Å². The van der Waals surface area contributed by atoms with Gasteiger partial charge in [0.15, 0.2) is 0 Å². The number of rotatable bonds is 9. The average molecular weight is 333 g/mol. The lowest BCUT2D eigenvalue weighted by Gasteiger charge is -2.14. The van der Waals surface area contributed by atoms with E-state index in [0.717, 1.165) is 49.9 Å². The van der Waals surface area contributed by atoms with Gasteiger partial charge in [-0.3, -0.25) is 9.97 Å². The average Bonchev–Trinajstić information content (AvgIpc) is 2.58. The van der Waals surface area contributed by atoms with Crippen molar-refractivity contribution in [2.45, 2.75) is 49.0 Å². The maximum Gasteiger partial charge on any atom is 0.0404 e. The lowest BCUT2D eigenvalue weighted by atomic mass is 10.0. The Bertz CT molecular complexity index is 470. The van der Waals surface area contributed by atoms with Gasteiger partial charge in [0, 0.05) is 34.3 Å². The molecule has 2 aromatic rings. The van der Waals surface area contributed by atoms with E-state index in [2.05, 4.69) is 22.1 Å². The van der Waals surface area contributed by atoms with Gasteiger partial charge in [0.05, 0.1) is 0 Å². The number of thiol groups is 2. The Hall–Kier alpha value is -1.00. The Morgan fingerprint density at radius 2 is 1.14 bits per heavy atom. The van der Waals surface area contributed by atoms with Gasteiger partial charge in [-0.05, 0) is 62.8 Å². The van der Waals surface area contributed by atoms with Gasteiger partial charge < -0.3 is 0 Å². The fourth-order valence-electron chi connectivity index (χ4n) is 2.39. The van der Waals surface area contributed by atoms with Crippen LogP contribution in [-0.4, -0.2) is 20.5 Å². The van der Waals surface area contributed by atoms with Gasteiger partial charge in [-0.2, -0.15) is 25.3 Å². The van der Waals surface area contributed by atoms with Crippen LogP contribution >= 0.6 is 25.3 Å². The van der Waals surface area contributed by atoms with Gasteiger partial charge in [0.25, 0.3) is 0 Å². The summed E-state index contributed by atoms with van der Waals surface area (Å²) >= 11 is 9.40. The summed E-state index contributed by atoms with van der Waals surface area (Å²) in [6.45, 7) is 0. The molecule has 0 bridgehead atoms. The van der Waals surface area contributed by atoms with Crippen molar-refractivity contribution in [2.75, 3.05) is 0 Å². The van der Waals surface area contributed by atoms with E-state index >= 15 is 0 Å². The number of aromatic nitrogens is 2. The number of aryl methyl sites for hydroxylation is 2. The molecule has 2 aromatic heterocycles. The van der Waals surface area contributed by atoms with Crippen LogP contribution in [0.15, 0.2) is 48.8 Å². The Labute approximate surface area is 144 Å². The lowest BCUT2D eigenvalue weighted by molar-refractivity contribution is 0.614. The maximum atomic E-state index is 4.70. The molecule has 118 valence electrons. The zero-order valence-electron chi connectivity index (χ0n) is 12.8. The minimum atomic E-state index is 0.423. The molecule has 2 heterocycles. The highest BCUT2D eigenvalue weighted by Gasteiger charge is 2.09. The highest BCUT2D eigenvalue weighted by atomic mass is 32.1. The molecule has 0 N–H and O–H groups in total. The summed E-state index contributed by atoms with van der Waals surface area (Å²) in [5.41, 5.74) is 2.30. The highest BCUT2D eigenvalue weighted by Crippen LogP contribution is 2.18. The molecule has 2 atom stereocenters. The minimum absolute atomic E-state index is 0.423. The molecule has 0 fully saturated rings. The first-order valence-electron chi connectivity index (χ1n) is 7.90. The largest absolute Gasteiger partial charge is 0.261 e. The van der Waals surface area contributed by atoms with Crippen LogP contribution in [-0.2, 0) is 12.8 Å². The second-order valence-electron chi connectivity index (χ2n) is 5.60. The monoisotopic (exact) mass is 332 g/mol. The SMILES string of the molecule is SC(CCc1ccccn1)CCC(S)CCc1ccccn1. The quantitative estimate of drug-likeness (QED) is 0.665. The lowest BCUT2D eigenvalue weighted by Crippen LogP contribution is -2.08. The maximum absolute atomic E-state index is 4.70. The van der Waals surface area contributed by atoms with E-state index in [1.165, 1.54) is 0 Å². The molecule has 4 heteroatoms. The molecule has 2 unspecified atom stereocenters. The number of nitrogens with zero attached hydrogens (tertiary/aromatic N) is 2. The molecule has 0 saturated heterocycles. The topological polar surface area (TPSA) is 25.8 Å². The van der Waals surface area contributed by atoms with Crippen LogP contribution in [0.5, 0.6) is 0 Å². The first-order valence-corrected chi connectivity index (χ1v) is 8.93. The molecule has 0 aromatic carbocycles. The summed E-state index contributed by atoms with van der Waals surface area (Å²) in [6, 6.07) is 12.1. The third-order valence-corrected chi connectivity index (χ3v) is 4.79. The van der Waals surface area contributed by atoms with Gasteiger partial charge >= 0.3 is 0 Å². The van der Waals surface area contributed by atoms with Gasteiger partial charge in [-0.25, -0.2) is 0 Å². The van der Waals surface area contributed by atoms with Gasteiger partial charge in [-0.1, -0.05) is 12.1 Å². The predicted molar refractivity (Wildman–Crippen MR) is 99.9 cm³/mol. The second-order valence-corrected chi connectivity index (χ2v) is 7.07. The van der Waals surface area contributed by atoms with Crippen molar-refractivity contribution >= 4 is 25.3 Å². The number of hydrogen-bond acceptors (Lipinski definition) is 4. The third kappa shape index (κ3) is 6.84. The van der Waals surface area contributed by atoms with E-state index < -0.39 is 0 Å². The second kappa shape index (κ2) is 9.90. The summed E-state index contributed by atoms with van der Waals surface area (Å²) in [4.78, 5) is 8.71. The van der Waals surface area contributed by atoms with E-state index in [9.17, 15) is 0 Å². The van der Waals surface area contributed by atoms with Crippen LogP contribution in [0, 0.1) is 0 Å². The highest BCUT2D eigenvalue weighted by molar-refractivity contribution is 7.81. The smallest absolute Gasteiger partial charge is 0.0404 e. The predicted octanol–water partition coefficient (Wildman–Crippen LogP) is 4.42. The van der Waals surface area contributed by atoms with Gasteiger partial charge in [-0.15, -0.1) is 0 Å². The molecule has 2 nitrogen and oxygen atoms in total. The van der Waals surface area contributed by atoms with Crippen molar-refractivity contribution in [3.63, 3.8) is 0 Å². The zero-order valence-corrected chi connectivity index (χ0v) is 14.6. The first-order chi connectivity index (χ1) is 10.7. The fraction of sp³-hybridized carbons (Fsp3) is 0.444. The van der Waals surface area contributed by atoms with E-state index in [4.69, 9.17) is 25.3 Å². The van der Waals surface area contributed by atoms with Crippen molar-refractivity contribution < 1.29 is 0 Å². The van der Waals surface area contributed by atoms with Crippen molar-refractivity contribution in [1.82, 2.24) is 9.97 Å². The van der Waals surface area contributed by atoms with Crippen molar-refractivity contribution in [3.05, 3.63) is 60.2 Å². The van der Waals surface area contributed by atoms with Crippen LogP contribution in [0.25, 0.3) is 0 Å². The molecule has 0 saturated carbocycles. The standard InChI is InChI=1S/C18H24N2S2/c21-17(9-7-15-5-1-3-13-19-15)11-12-18(22)10-8-16-6-2-4-14-20-16/h1-6,13-14,17-18,21-22H,7-12H2. The molecular formula is C18H24N2S2. The molecule has 0 aliphatic rings. The van der Waals surface area contributed by atoms with E-state index in [1.807, 2.05) is 36.7 Å². The van der Waals surface area contributed by atoms with E-state index in [0.29, 0.717) is 10.5 Å². The van der Waals surface area contributed by atoms with Crippen LogP contribution in [0.3, 0.4) is 0 Å². The summed E-state index contributed by atoms with van der Waals surface area (Å²) in [5.74, 6) is 0. The fourth-order valence-corrected chi connectivity index (χ4v) is 2.95. The molecule has 0 aliphatic carbocycles. The molecule has 0 amide bonds. The van der Waals surface area contributed by atoms with Crippen molar-refractivity contribution in [3.8, 4) is 0 Å². The van der Waals surface area contributed by atoms with Crippen molar-refractivity contribution in [2.24, 2.45) is 0 Å². The van der Waals surface area contributed by atoms with Crippen LogP contribution in [0.4, 0.5) is 0 Å². The van der Waals surface area contributed by atoms with Crippen LogP contribution in [0.1, 0.15) is 37.1 Å². The van der Waals surface area contributed by atoms with E-state index in [-0.39, 0.29) is 0 Å². The Morgan fingerprint density at radius 3 is 1.50 bits per heavy atom. The number of hydrogen-bond donors (Lipinski definition) is 2. The Morgan fingerprint density at radius 1 is 0.682 bits per heavy atom. The normalized spacial score (nSPS) is 13.7. The summed E-state index contributed by atoms with van der Waals surface area (Å²) in [6.07, 6.45) is 10.1. The molecule has 2 rings (SSSR count). The summed E-state index contributed by atoms with van der Waals surface area (Å²) < 4.78 is 0. The molecule has 0 spiro atoms. The van der Waals surface area contributed by atoms with Crippen LogP contribution < -0.4 is 0 Å². The van der Waals surface area contributed by atoms with Gasteiger partial charge in [0.1, 0.15) is 0 Å². The number of pyridine rings is 2. The van der Waals surface area contributed by atoms with Crippen molar-refractivity contribution in [1.29, 1.82) is 0 Å². The summed E-state index contributed by atoms with van der Waals surface area (Å²) in [7, 11) is 0. The zero-order chi connectivity index (χ0) is 15.6. The third-order valence-electron chi connectivity index (χ3n) is 3.75. The van der Waals surface area contributed by atoms with Gasteiger partial charge in [0.2, 0.25) is 0 Å². The Balaban J connectivity index is 1.60. The minimum Gasteiger partial charge on any atom is -0.261 e. The molecular weight excluding hydrogens is 308 g/mol. The summed E-state index contributed by atoms with van der Waals surface area (Å²) in [5, 5.41) is 0.845. The Kier molecular flexibility index (Phi) is 7.81. The molecule has 22 heavy (non-hydrogen) atoms. The first kappa shape index (κ1) is 17.4. The van der Waals surface area contributed by atoms with E-state index in [1.54, 1.807) is 0 Å². The molecule has 0 radical (unpaired) electrons.